The molecule has 0 fully saturated rings. The van der Waals surface area contributed by atoms with Crippen LogP contribution in [0.15, 0.2) is 36.5 Å². The van der Waals surface area contributed by atoms with Crippen LogP contribution in [0.1, 0.15) is 26.7 Å². The van der Waals surface area contributed by atoms with Gasteiger partial charge in [-0.25, -0.2) is 0 Å². The van der Waals surface area contributed by atoms with Crippen molar-refractivity contribution in [1.29, 1.82) is 0 Å². The maximum absolute atomic E-state index is 5.93. The molecule has 0 spiro atoms. The number of rotatable bonds is 4. The number of pyridine rings is 1. The van der Waals surface area contributed by atoms with Crippen LogP contribution in [0.25, 0.3) is 10.9 Å². The van der Waals surface area contributed by atoms with E-state index in [0.717, 1.165) is 29.5 Å². The Bertz CT molecular complexity index is 462. The van der Waals surface area contributed by atoms with Crippen molar-refractivity contribution in [2.75, 3.05) is 0 Å². The number of benzene rings is 1. The first-order valence-corrected chi connectivity index (χ1v) is 5.81. The molecule has 1 atom stereocenters. The van der Waals surface area contributed by atoms with Crippen molar-refractivity contribution in [3.05, 3.63) is 36.5 Å². The standard InChI is InChI=1S/C14H17NO/c1-3-6-11(2)16-14-9-10-15-13-8-5-4-7-12(13)14/h4-5,7-11H,3,6H2,1-2H3. The summed E-state index contributed by atoms with van der Waals surface area (Å²) in [5.74, 6) is 0.937. The highest BCUT2D eigenvalue weighted by Gasteiger charge is 2.06. The van der Waals surface area contributed by atoms with E-state index in [4.69, 9.17) is 4.74 Å². The van der Waals surface area contributed by atoms with Gasteiger partial charge in [0.1, 0.15) is 5.75 Å². The van der Waals surface area contributed by atoms with Crippen molar-refractivity contribution in [3.63, 3.8) is 0 Å². The SMILES string of the molecule is CCCC(C)Oc1ccnc2ccccc12. The van der Waals surface area contributed by atoms with Crippen molar-refractivity contribution in [1.82, 2.24) is 4.98 Å². The summed E-state index contributed by atoms with van der Waals surface area (Å²) >= 11 is 0. The Balaban J connectivity index is 2.30. The lowest BCUT2D eigenvalue weighted by molar-refractivity contribution is 0.212. The third-order valence-electron chi connectivity index (χ3n) is 2.63. The molecule has 0 aliphatic heterocycles. The molecule has 1 heterocycles. The van der Waals surface area contributed by atoms with Crippen molar-refractivity contribution in [2.24, 2.45) is 0 Å². The molecule has 2 heteroatoms. The largest absolute Gasteiger partial charge is 0.490 e. The molecule has 0 radical (unpaired) electrons. The van der Waals surface area contributed by atoms with Gasteiger partial charge in [-0.1, -0.05) is 25.5 Å². The summed E-state index contributed by atoms with van der Waals surface area (Å²) in [7, 11) is 0. The number of fused-ring (bicyclic) bond motifs is 1. The van der Waals surface area contributed by atoms with Crippen molar-refractivity contribution in [3.8, 4) is 5.75 Å². The average Bonchev–Trinajstić information content (AvgIpc) is 2.30. The minimum atomic E-state index is 0.260. The smallest absolute Gasteiger partial charge is 0.130 e. The van der Waals surface area contributed by atoms with E-state index in [1.807, 2.05) is 24.3 Å². The molecule has 0 aliphatic carbocycles. The normalized spacial score (nSPS) is 12.6. The number of ether oxygens (including phenoxy) is 1. The Morgan fingerprint density at radius 3 is 2.88 bits per heavy atom. The van der Waals surface area contributed by atoms with E-state index in [9.17, 15) is 0 Å². The number of hydrogen-bond acceptors (Lipinski definition) is 2. The van der Waals surface area contributed by atoms with E-state index in [1.54, 1.807) is 6.20 Å². The summed E-state index contributed by atoms with van der Waals surface area (Å²) < 4.78 is 5.93. The summed E-state index contributed by atoms with van der Waals surface area (Å²) in [5, 5.41) is 1.09. The van der Waals surface area contributed by atoms with Crippen LogP contribution in [-0.4, -0.2) is 11.1 Å². The fourth-order valence-electron chi connectivity index (χ4n) is 1.85. The summed E-state index contributed by atoms with van der Waals surface area (Å²) in [6.07, 6.45) is 4.28. The zero-order chi connectivity index (χ0) is 11.4. The molecule has 2 rings (SSSR count). The first-order chi connectivity index (χ1) is 7.81. The minimum Gasteiger partial charge on any atom is -0.490 e. The Kier molecular flexibility index (Phi) is 3.40. The lowest BCUT2D eigenvalue weighted by atomic mass is 10.2. The quantitative estimate of drug-likeness (QED) is 0.773. The Morgan fingerprint density at radius 2 is 2.06 bits per heavy atom. The zero-order valence-electron chi connectivity index (χ0n) is 9.81. The van der Waals surface area contributed by atoms with Crippen molar-refractivity contribution < 1.29 is 4.74 Å². The van der Waals surface area contributed by atoms with Gasteiger partial charge in [0.15, 0.2) is 0 Å². The first-order valence-electron chi connectivity index (χ1n) is 5.81. The molecule has 0 amide bonds. The molecular weight excluding hydrogens is 198 g/mol. The third-order valence-corrected chi connectivity index (χ3v) is 2.63. The lowest BCUT2D eigenvalue weighted by Gasteiger charge is -2.15. The highest BCUT2D eigenvalue weighted by molar-refractivity contribution is 5.84. The fraction of sp³-hybridized carbons (Fsp3) is 0.357. The maximum Gasteiger partial charge on any atom is 0.130 e. The van der Waals surface area contributed by atoms with Crippen LogP contribution in [0.2, 0.25) is 0 Å². The molecule has 0 saturated heterocycles. The number of nitrogens with zero attached hydrogens (tertiary/aromatic N) is 1. The van der Waals surface area contributed by atoms with E-state index in [0.29, 0.717) is 0 Å². The first kappa shape index (κ1) is 10.9. The lowest BCUT2D eigenvalue weighted by Crippen LogP contribution is -2.11. The zero-order valence-corrected chi connectivity index (χ0v) is 9.81. The van der Waals surface area contributed by atoms with Crippen LogP contribution in [0.5, 0.6) is 5.75 Å². The van der Waals surface area contributed by atoms with Crippen LogP contribution < -0.4 is 4.74 Å². The van der Waals surface area contributed by atoms with Gasteiger partial charge in [-0.05, 0) is 31.5 Å². The second-order valence-corrected chi connectivity index (χ2v) is 4.04. The summed E-state index contributed by atoms with van der Waals surface area (Å²) in [4.78, 5) is 4.32. The van der Waals surface area contributed by atoms with E-state index >= 15 is 0 Å². The molecule has 0 saturated carbocycles. The van der Waals surface area contributed by atoms with Crippen LogP contribution in [0.4, 0.5) is 0 Å². The second kappa shape index (κ2) is 4.97. The van der Waals surface area contributed by atoms with Gasteiger partial charge in [0.2, 0.25) is 0 Å². The fourth-order valence-corrected chi connectivity index (χ4v) is 1.85. The van der Waals surface area contributed by atoms with Crippen LogP contribution in [0, 0.1) is 0 Å². The molecule has 1 unspecified atom stereocenters. The van der Waals surface area contributed by atoms with Crippen molar-refractivity contribution in [2.45, 2.75) is 32.8 Å². The molecule has 2 nitrogen and oxygen atoms in total. The van der Waals surface area contributed by atoms with E-state index in [-0.39, 0.29) is 6.10 Å². The highest BCUT2D eigenvalue weighted by Crippen LogP contribution is 2.24. The second-order valence-electron chi connectivity index (χ2n) is 4.04. The van der Waals surface area contributed by atoms with E-state index in [1.165, 1.54) is 0 Å². The van der Waals surface area contributed by atoms with Gasteiger partial charge in [-0.15, -0.1) is 0 Å². The molecule has 2 aromatic rings. The highest BCUT2D eigenvalue weighted by atomic mass is 16.5. The van der Waals surface area contributed by atoms with Crippen LogP contribution in [0.3, 0.4) is 0 Å². The molecule has 0 N–H and O–H groups in total. The van der Waals surface area contributed by atoms with Crippen LogP contribution in [-0.2, 0) is 0 Å². The molecule has 0 bridgehead atoms. The minimum absolute atomic E-state index is 0.260. The predicted molar refractivity (Wildman–Crippen MR) is 66.7 cm³/mol. The molecular formula is C14H17NO. The number of para-hydroxylation sites is 1. The molecule has 1 aromatic heterocycles. The van der Waals surface area contributed by atoms with Gasteiger partial charge in [0.05, 0.1) is 11.6 Å². The Labute approximate surface area is 96.3 Å². The summed E-state index contributed by atoms with van der Waals surface area (Å²) in [6.45, 7) is 4.28. The molecule has 1 aromatic carbocycles. The van der Waals surface area contributed by atoms with Gasteiger partial charge in [-0.2, -0.15) is 0 Å². The molecule has 84 valence electrons. The number of aromatic nitrogens is 1. The summed E-state index contributed by atoms with van der Waals surface area (Å²) in [6, 6.07) is 10.0. The number of hydrogen-bond donors (Lipinski definition) is 0. The topological polar surface area (TPSA) is 22.1 Å². The summed E-state index contributed by atoms with van der Waals surface area (Å²) in [5.41, 5.74) is 0.990. The predicted octanol–water partition coefficient (Wildman–Crippen LogP) is 3.80. The van der Waals surface area contributed by atoms with Crippen molar-refractivity contribution >= 4 is 10.9 Å². The van der Waals surface area contributed by atoms with Gasteiger partial charge in [-0.3, -0.25) is 4.98 Å². The van der Waals surface area contributed by atoms with E-state index < -0.39 is 0 Å². The molecule has 16 heavy (non-hydrogen) atoms. The van der Waals surface area contributed by atoms with Gasteiger partial charge >= 0.3 is 0 Å². The maximum atomic E-state index is 5.93. The van der Waals surface area contributed by atoms with Gasteiger partial charge < -0.3 is 4.74 Å². The van der Waals surface area contributed by atoms with E-state index in [2.05, 4.69) is 24.9 Å². The Hall–Kier alpha value is -1.57. The van der Waals surface area contributed by atoms with Gasteiger partial charge in [0.25, 0.3) is 0 Å². The van der Waals surface area contributed by atoms with Gasteiger partial charge in [0, 0.05) is 11.6 Å². The van der Waals surface area contributed by atoms with Crippen LogP contribution >= 0.6 is 0 Å². The molecule has 0 aliphatic rings. The average molecular weight is 215 g/mol. The monoisotopic (exact) mass is 215 g/mol. The third kappa shape index (κ3) is 2.32. The Morgan fingerprint density at radius 1 is 1.25 bits per heavy atom.